The van der Waals surface area contributed by atoms with Crippen molar-refractivity contribution in [2.24, 2.45) is 11.6 Å². The average Bonchev–Trinajstić information content (AvgIpc) is 2.42. The third kappa shape index (κ3) is 4.98. The summed E-state index contributed by atoms with van der Waals surface area (Å²) in [6.45, 7) is 2.37. The molecule has 1 amide bonds. The van der Waals surface area contributed by atoms with Crippen molar-refractivity contribution < 1.29 is 26.0 Å². The van der Waals surface area contributed by atoms with Crippen molar-refractivity contribution >= 4 is 17.8 Å². The molecule has 2 unspecified atom stereocenters. The summed E-state index contributed by atoms with van der Waals surface area (Å²) in [5.74, 6) is -2.54. The number of carbonyl (C=O) groups is 3. The van der Waals surface area contributed by atoms with Crippen LogP contribution in [0.15, 0.2) is 0 Å². The van der Waals surface area contributed by atoms with Gasteiger partial charge >= 0.3 is 11.9 Å². The molecule has 120 valence electrons. The molecule has 1 aliphatic rings. The number of rotatable bonds is 8. The first-order valence-electron chi connectivity index (χ1n) is 7.50. The third-order valence-corrected chi connectivity index (χ3v) is 3.67. The van der Waals surface area contributed by atoms with Crippen molar-refractivity contribution in [2.75, 3.05) is 13.1 Å². The Balaban J connectivity index is 2.96. The largest absolute Gasteiger partial charge is 0.481 e. The van der Waals surface area contributed by atoms with Crippen LogP contribution in [0.3, 0.4) is 0 Å². The zero-order valence-electron chi connectivity index (χ0n) is 13.0. The van der Waals surface area contributed by atoms with E-state index >= 15 is 0 Å². The van der Waals surface area contributed by atoms with Crippen molar-refractivity contribution in [1.29, 1.82) is 0 Å². The number of carboxylic acid groups (broad SMARTS) is 2. The quantitative estimate of drug-likeness (QED) is 0.472. The molecule has 0 aromatic carbocycles. The van der Waals surface area contributed by atoms with Crippen LogP contribution in [-0.4, -0.2) is 58.3 Å². The Hall–Kier alpha value is -1.67. The molecule has 3 atom stereocenters. The fraction of sp³-hybridized carbons (Fsp3) is 0.769. The van der Waals surface area contributed by atoms with Gasteiger partial charge in [-0.3, -0.25) is 14.9 Å². The highest BCUT2D eigenvalue weighted by Crippen LogP contribution is 2.21. The number of aliphatic carboxylic acids is 2. The minimum Gasteiger partial charge on any atom is -0.481 e. The zero-order valence-corrected chi connectivity index (χ0v) is 12.0. The summed E-state index contributed by atoms with van der Waals surface area (Å²) in [5.41, 5.74) is 1.98. The molecule has 1 aliphatic heterocycles. The van der Waals surface area contributed by atoms with Gasteiger partial charge in [-0.2, -0.15) is 0 Å². The smallest absolute Gasteiger partial charge is 0.326 e. The van der Waals surface area contributed by atoms with Crippen LogP contribution >= 0.6 is 0 Å². The van der Waals surface area contributed by atoms with E-state index in [0.29, 0.717) is 18.9 Å². The van der Waals surface area contributed by atoms with Gasteiger partial charge in [0.2, 0.25) is 5.91 Å². The minimum atomic E-state index is -1.24. The van der Waals surface area contributed by atoms with Crippen LogP contribution in [0.5, 0.6) is 0 Å². The second kappa shape index (κ2) is 7.94. The highest BCUT2D eigenvalue weighted by Gasteiger charge is 2.36. The number of hydrogen-bond donors (Lipinski definition) is 4. The number of carboxylic acids is 2. The monoisotopic (exact) mass is 302 g/mol. The fourth-order valence-corrected chi connectivity index (χ4v) is 2.59. The SMILES string of the molecule is [2H]NCC(=O)N(C1CC(C)CCN1)[C@@H](CCC(=O)O)C(=O)O. The molecule has 0 spiro atoms. The Bertz CT molecular complexity index is 420. The molecule has 8 heteroatoms. The first kappa shape index (κ1) is 15.7. The van der Waals surface area contributed by atoms with Crippen LogP contribution < -0.4 is 11.0 Å². The number of nitrogens with zero attached hydrogens (tertiary/aromatic N) is 1. The molecule has 1 heterocycles. The van der Waals surface area contributed by atoms with Gasteiger partial charge in [0.25, 0.3) is 0 Å². The minimum absolute atomic E-state index is 0.166. The van der Waals surface area contributed by atoms with Crippen LogP contribution in [0.1, 0.15) is 32.6 Å². The normalized spacial score (nSPS) is 24.0. The van der Waals surface area contributed by atoms with Gasteiger partial charge in [0.05, 0.1) is 12.7 Å². The molecule has 1 saturated heterocycles. The predicted molar refractivity (Wildman–Crippen MR) is 74.4 cm³/mol. The van der Waals surface area contributed by atoms with Crippen LogP contribution in [0.2, 0.25) is 1.41 Å². The van der Waals surface area contributed by atoms with E-state index in [2.05, 4.69) is 5.32 Å². The number of carbonyl (C=O) groups excluding carboxylic acids is 1. The topological polar surface area (TPSA) is 133 Å². The van der Waals surface area contributed by atoms with E-state index in [1.807, 2.05) is 12.7 Å². The van der Waals surface area contributed by atoms with Gasteiger partial charge in [0, 0.05) is 6.42 Å². The third-order valence-electron chi connectivity index (χ3n) is 3.67. The number of nitrogens with one attached hydrogen (secondary N) is 1. The van der Waals surface area contributed by atoms with Crippen molar-refractivity contribution in [3.05, 3.63) is 0 Å². The van der Waals surface area contributed by atoms with Crippen LogP contribution in [0.4, 0.5) is 0 Å². The lowest BCUT2D eigenvalue weighted by molar-refractivity contribution is -0.154. The average molecular weight is 302 g/mol. The lowest BCUT2D eigenvalue weighted by Crippen LogP contribution is -2.59. The second-order valence-electron chi connectivity index (χ2n) is 5.36. The summed E-state index contributed by atoms with van der Waals surface area (Å²) in [6, 6.07) is -1.22. The van der Waals surface area contributed by atoms with Gasteiger partial charge in [0.1, 0.15) is 7.45 Å². The van der Waals surface area contributed by atoms with Crippen molar-refractivity contribution in [1.82, 2.24) is 10.2 Å². The van der Waals surface area contributed by atoms with Gasteiger partial charge in [-0.05, 0) is 31.7 Å². The summed E-state index contributed by atoms with van der Waals surface area (Å²) in [4.78, 5) is 35.6. The maximum absolute atomic E-state index is 12.2. The molecule has 0 radical (unpaired) electrons. The van der Waals surface area contributed by atoms with Gasteiger partial charge < -0.3 is 20.8 Å². The highest BCUT2D eigenvalue weighted by atomic mass is 16.4. The molecule has 5 N–H and O–H groups in total. The first-order chi connectivity index (χ1) is 10.4. The number of piperidine rings is 1. The van der Waals surface area contributed by atoms with E-state index in [4.69, 9.17) is 6.52 Å². The van der Waals surface area contributed by atoms with Gasteiger partial charge in [-0.15, -0.1) is 0 Å². The zero-order chi connectivity index (χ0) is 16.7. The molecule has 0 aromatic heterocycles. The first-order valence-corrected chi connectivity index (χ1v) is 7.00. The Morgan fingerprint density at radius 3 is 2.71 bits per heavy atom. The number of hydrogen-bond acceptors (Lipinski definition) is 5. The molecule has 1 fully saturated rings. The predicted octanol–water partition coefficient (Wildman–Crippen LogP) is -0.563. The van der Waals surface area contributed by atoms with Crippen LogP contribution in [-0.2, 0) is 14.4 Å². The molecule has 1 rings (SSSR count). The lowest BCUT2D eigenvalue weighted by Gasteiger charge is -2.40. The van der Waals surface area contributed by atoms with E-state index in [1.54, 1.807) is 0 Å². The van der Waals surface area contributed by atoms with Crippen molar-refractivity contribution in [3.63, 3.8) is 0 Å². The summed E-state index contributed by atoms with van der Waals surface area (Å²) in [6.07, 6.45) is 0.570. The second-order valence-corrected chi connectivity index (χ2v) is 5.36. The molecule has 8 nitrogen and oxygen atoms in total. The summed E-state index contributed by atoms with van der Waals surface area (Å²) < 4.78 is 6.94. The highest BCUT2D eigenvalue weighted by molar-refractivity contribution is 5.85. The molecule has 0 aliphatic carbocycles. The maximum Gasteiger partial charge on any atom is 0.326 e. The Morgan fingerprint density at radius 1 is 1.48 bits per heavy atom. The van der Waals surface area contributed by atoms with Gasteiger partial charge in [0.15, 0.2) is 0 Å². The maximum atomic E-state index is 12.2. The summed E-state index contributed by atoms with van der Waals surface area (Å²) in [7, 11) is 0. The summed E-state index contributed by atoms with van der Waals surface area (Å²) >= 11 is 0. The molecule has 0 bridgehead atoms. The Labute approximate surface area is 124 Å². The lowest BCUT2D eigenvalue weighted by atomic mass is 9.96. The Kier molecular flexibility index (Phi) is 5.94. The summed E-state index contributed by atoms with van der Waals surface area (Å²) in [5, 5.41) is 21.3. The standard InChI is InChI=1S/C13H23N3O5/c1-8-4-5-15-10(6-8)16(11(17)7-14)9(13(20)21)2-3-12(18)19/h8-10,15H,2-7,14H2,1H3,(H,18,19)(H,20,21)/t8?,9-,10?/m0/s1/i/hD. The van der Waals surface area contributed by atoms with E-state index in [9.17, 15) is 19.5 Å². The van der Waals surface area contributed by atoms with E-state index in [0.717, 1.165) is 6.42 Å². The molecule has 21 heavy (non-hydrogen) atoms. The van der Waals surface area contributed by atoms with Gasteiger partial charge in [-0.1, -0.05) is 6.92 Å². The molecular formula is C13H23N3O5. The van der Waals surface area contributed by atoms with Gasteiger partial charge in [-0.25, -0.2) is 4.79 Å². The van der Waals surface area contributed by atoms with E-state index in [-0.39, 0.29) is 19.4 Å². The number of nitrogens with two attached hydrogens (primary N) is 1. The molecular weight excluding hydrogens is 278 g/mol. The molecule has 0 aromatic rings. The fourth-order valence-electron chi connectivity index (χ4n) is 2.59. The van der Waals surface area contributed by atoms with Crippen molar-refractivity contribution in [3.8, 4) is 0 Å². The van der Waals surface area contributed by atoms with Crippen LogP contribution in [0.25, 0.3) is 0 Å². The van der Waals surface area contributed by atoms with Crippen molar-refractivity contribution in [2.45, 2.75) is 44.8 Å². The van der Waals surface area contributed by atoms with E-state index < -0.39 is 30.1 Å². The number of amides is 1. The van der Waals surface area contributed by atoms with E-state index in [1.165, 1.54) is 4.90 Å². The molecule has 0 saturated carbocycles. The Morgan fingerprint density at radius 2 is 2.19 bits per heavy atom. The van der Waals surface area contributed by atoms with Crippen LogP contribution in [0, 0.1) is 5.92 Å².